The fourth-order valence-corrected chi connectivity index (χ4v) is 2.37. The molecule has 0 aliphatic carbocycles. The van der Waals surface area contributed by atoms with Gasteiger partial charge in [-0.3, -0.25) is 0 Å². The number of hydrogen-bond donors (Lipinski definition) is 1. The van der Waals surface area contributed by atoms with E-state index in [1.54, 1.807) is 7.11 Å². The van der Waals surface area contributed by atoms with Crippen LogP contribution in [0, 0.1) is 0 Å². The summed E-state index contributed by atoms with van der Waals surface area (Å²) >= 11 is 0. The summed E-state index contributed by atoms with van der Waals surface area (Å²) < 4.78 is 15.5. The minimum Gasteiger partial charge on any atom is -0.462 e. The number of ether oxygens (including phenoxy) is 3. The number of benzene rings is 1. The standard InChI is InChI=1S/C16H23NO4/c1-19-10-11-20-8-3-9-21-16(18)15-5-2-4-13-12-17-7-6-14(13)15/h2,4-5,17H,3,6-12H2,1H3. The van der Waals surface area contributed by atoms with Gasteiger partial charge in [-0.1, -0.05) is 12.1 Å². The molecule has 116 valence electrons. The molecule has 0 aromatic heterocycles. The molecule has 1 aliphatic heterocycles. The third kappa shape index (κ3) is 4.81. The van der Waals surface area contributed by atoms with E-state index in [-0.39, 0.29) is 5.97 Å². The topological polar surface area (TPSA) is 56.8 Å². The van der Waals surface area contributed by atoms with Crippen LogP contribution in [0.3, 0.4) is 0 Å². The van der Waals surface area contributed by atoms with Gasteiger partial charge >= 0.3 is 5.97 Å². The maximum Gasteiger partial charge on any atom is 0.338 e. The Morgan fingerprint density at radius 1 is 1.24 bits per heavy atom. The van der Waals surface area contributed by atoms with Gasteiger partial charge in [0.2, 0.25) is 0 Å². The zero-order chi connectivity index (χ0) is 14.9. The minimum atomic E-state index is -0.231. The van der Waals surface area contributed by atoms with E-state index in [4.69, 9.17) is 14.2 Å². The molecule has 0 radical (unpaired) electrons. The van der Waals surface area contributed by atoms with Gasteiger partial charge in [0.05, 0.1) is 25.4 Å². The quantitative estimate of drug-likeness (QED) is 0.582. The molecule has 0 bridgehead atoms. The largest absolute Gasteiger partial charge is 0.462 e. The Morgan fingerprint density at radius 2 is 2.14 bits per heavy atom. The summed E-state index contributed by atoms with van der Waals surface area (Å²) in [7, 11) is 1.64. The summed E-state index contributed by atoms with van der Waals surface area (Å²) in [5.41, 5.74) is 3.02. The van der Waals surface area contributed by atoms with E-state index in [0.717, 1.165) is 25.1 Å². The highest BCUT2D eigenvalue weighted by molar-refractivity contribution is 5.91. The van der Waals surface area contributed by atoms with E-state index in [9.17, 15) is 4.79 Å². The van der Waals surface area contributed by atoms with E-state index >= 15 is 0 Å². The molecule has 0 spiro atoms. The Kier molecular flexibility index (Phi) is 6.66. The first-order valence-electron chi connectivity index (χ1n) is 7.38. The number of rotatable bonds is 8. The van der Waals surface area contributed by atoms with Crippen molar-refractivity contribution in [2.24, 2.45) is 0 Å². The molecule has 1 aromatic rings. The van der Waals surface area contributed by atoms with Crippen LogP contribution in [0.1, 0.15) is 27.9 Å². The first-order chi connectivity index (χ1) is 10.3. The van der Waals surface area contributed by atoms with Gasteiger partial charge < -0.3 is 19.5 Å². The Bertz CT molecular complexity index is 462. The average molecular weight is 293 g/mol. The maximum atomic E-state index is 12.1. The lowest BCUT2D eigenvalue weighted by Crippen LogP contribution is -2.25. The summed E-state index contributed by atoms with van der Waals surface area (Å²) in [5.74, 6) is -0.231. The highest BCUT2D eigenvalue weighted by Gasteiger charge is 2.17. The van der Waals surface area contributed by atoms with Crippen LogP contribution in [0.15, 0.2) is 18.2 Å². The molecule has 2 rings (SSSR count). The summed E-state index contributed by atoms with van der Waals surface area (Å²) in [6, 6.07) is 5.82. The molecule has 0 saturated heterocycles. The van der Waals surface area contributed by atoms with Crippen LogP contribution >= 0.6 is 0 Å². The molecule has 0 unspecified atom stereocenters. The van der Waals surface area contributed by atoms with Crippen LogP contribution in [-0.4, -0.2) is 46.1 Å². The molecule has 1 N–H and O–H groups in total. The van der Waals surface area contributed by atoms with Crippen molar-refractivity contribution < 1.29 is 19.0 Å². The van der Waals surface area contributed by atoms with Gasteiger partial charge in [-0.15, -0.1) is 0 Å². The number of carbonyl (C=O) groups is 1. The monoisotopic (exact) mass is 293 g/mol. The van der Waals surface area contributed by atoms with Crippen LogP contribution in [-0.2, 0) is 27.2 Å². The van der Waals surface area contributed by atoms with Crippen molar-refractivity contribution in [1.29, 1.82) is 0 Å². The average Bonchev–Trinajstić information content (AvgIpc) is 2.53. The minimum absolute atomic E-state index is 0.231. The second-order valence-corrected chi connectivity index (χ2v) is 4.96. The Morgan fingerprint density at radius 3 is 3.00 bits per heavy atom. The highest BCUT2D eigenvalue weighted by Crippen LogP contribution is 2.19. The smallest absolute Gasteiger partial charge is 0.338 e. The van der Waals surface area contributed by atoms with Crippen LogP contribution in [0.4, 0.5) is 0 Å². The third-order valence-electron chi connectivity index (χ3n) is 3.46. The first-order valence-corrected chi connectivity index (χ1v) is 7.38. The Labute approximate surface area is 125 Å². The molecule has 5 heteroatoms. The molecule has 1 heterocycles. The van der Waals surface area contributed by atoms with Crippen molar-refractivity contribution >= 4 is 5.97 Å². The zero-order valence-corrected chi connectivity index (χ0v) is 12.5. The molecule has 1 aliphatic rings. The molecule has 1 aromatic carbocycles. The fourth-order valence-electron chi connectivity index (χ4n) is 2.37. The van der Waals surface area contributed by atoms with Gasteiger partial charge in [-0.25, -0.2) is 4.79 Å². The van der Waals surface area contributed by atoms with Gasteiger partial charge in [-0.2, -0.15) is 0 Å². The molecule has 0 fully saturated rings. The SMILES string of the molecule is COCCOCCCOC(=O)c1cccc2c1CCNC2. The molecule has 0 atom stereocenters. The molecular formula is C16H23NO4. The first kappa shape index (κ1) is 15.9. The summed E-state index contributed by atoms with van der Waals surface area (Å²) in [5, 5.41) is 3.30. The van der Waals surface area contributed by atoms with Crippen LogP contribution < -0.4 is 5.32 Å². The van der Waals surface area contributed by atoms with E-state index < -0.39 is 0 Å². The number of hydrogen-bond acceptors (Lipinski definition) is 5. The molecule has 21 heavy (non-hydrogen) atoms. The van der Waals surface area contributed by atoms with Crippen LogP contribution in [0.2, 0.25) is 0 Å². The number of carbonyl (C=O) groups excluding carboxylic acids is 1. The predicted molar refractivity (Wildman–Crippen MR) is 79.4 cm³/mol. The van der Waals surface area contributed by atoms with Gasteiger partial charge in [0, 0.05) is 26.7 Å². The maximum absolute atomic E-state index is 12.1. The molecule has 0 amide bonds. The van der Waals surface area contributed by atoms with E-state index in [0.29, 0.717) is 38.4 Å². The predicted octanol–water partition coefficient (Wildman–Crippen LogP) is 1.54. The van der Waals surface area contributed by atoms with E-state index in [1.165, 1.54) is 5.56 Å². The van der Waals surface area contributed by atoms with E-state index in [2.05, 4.69) is 11.4 Å². The number of methoxy groups -OCH3 is 1. The van der Waals surface area contributed by atoms with Gasteiger partial charge in [0.1, 0.15) is 0 Å². The lowest BCUT2D eigenvalue weighted by molar-refractivity contribution is 0.0384. The van der Waals surface area contributed by atoms with Gasteiger partial charge in [-0.05, 0) is 30.2 Å². The number of fused-ring (bicyclic) bond motifs is 1. The van der Waals surface area contributed by atoms with Crippen molar-refractivity contribution in [3.63, 3.8) is 0 Å². The van der Waals surface area contributed by atoms with Crippen molar-refractivity contribution in [2.75, 3.05) is 40.1 Å². The molecule has 0 saturated carbocycles. The van der Waals surface area contributed by atoms with Crippen molar-refractivity contribution in [1.82, 2.24) is 5.32 Å². The number of esters is 1. The van der Waals surface area contributed by atoms with Crippen LogP contribution in [0.5, 0.6) is 0 Å². The summed E-state index contributed by atoms with van der Waals surface area (Å²) in [6.07, 6.45) is 1.58. The normalized spacial score (nSPS) is 13.8. The number of nitrogens with one attached hydrogen (secondary N) is 1. The second kappa shape index (κ2) is 8.77. The Balaban J connectivity index is 1.76. The van der Waals surface area contributed by atoms with Gasteiger partial charge in [0.25, 0.3) is 0 Å². The highest BCUT2D eigenvalue weighted by atomic mass is 16.5. The van der Waals surface area contributed by atoms with E-state index in [1.807, 2.05) is 12.1 Å². The second-order valence-electron chi connectivity index (χ2n) is 4.96. The lowest BCUT2D eigenvalue weighted by atomic mass is 9.95. The molecule has 5 nitrogen and oxygen atoms in total. The lowest BCUT2D eigenvalue weighted by Gasteiger charge is -2.19. The summed E-state index contributed by atoms with van der Waals surface area (Å²) in [4.78, 5) is 12.1. The third-order valence-corrected chi connectivity index (χ3v) is 3.46. The Hall–Kier alpha value is -1.43. The van der Waals surface area contributed by atoms with Crippen molar-refractivity contribution in [3.05, 3.63) is 34.9 Å². The summed E-state index contributed by atoms with van der Waals surface area (Å²) in [6.45, 7) is 3.85. The van der Waals surface area contributed by atoms with Crippen molar-refractivity contribution in [2.45, 2.75) is 19.4 Å². The fraction of sp³-hybridized carbons (Fsp3) is 0.562. The van der Waals surface area contributed by atoms with Crippen molar-refractivity contribution in [3.8, 4) is 0 Å². The molecular weight excluding hydrogens is 270 g/mol. The zero-order valence-electron chi connectivity index (χ0n) is 12.5. The van der Waals surface area contributed by atoms with Gasteiger partial charge in [0.15, 0.2) is 0 Å². The van der Waals surface area contributed by atoms with Crippen LogP contribution in [0.25, 0.3) is 0 Å².